The number of ether oxygens (including phenoxy) is 1. The second-order valence-corrected chi connectivity index (χ2v) is 3.95. The largest absolute Gasteiger partial charge is 0.457 e. The third kappa shape index (κ3) is 3.08. The van der Waals surface area contributed by atoms with Gasteiger partial charge in [0.15, 0.2) is 0 Å². The van der Waals surface area contributed by atoms with Crippen LogP contribution in [-0.4, -0.2) is 5.91 Å². The Morgan fingerprint density at radius 2 is 1.84 bits per heavy atom. The molecule has 0 saturated carbocycles. The van der Waals surface area contributed by atoms with Crippen LogP contribution in [0.25, 0.3) is 0 Å². The van der Waals surface area contributed by atoms with Gasteiger partial charge in [-0.05, 0) is 42.5 Å². The van der Waals surface area contributed by atoms with Crippen LogP contribution in [0.4, 0.5) is 4.39 Å². The Hall–Kier alpha value is -2.40. The maximum atomic E-state index is 13.1. The molecule has 4 nitrogen and oxygen atoms in total. The van der Waals surface area contributed by atoms with Crippen LogP contribution in [0.2, 0.25) is 0 Å². The highest BCUT2D eigenvalue weighted by molar-refractivity contribution is 5.92. The van der Waals surface area contributed by atoms with Gasteiger partial charge in [-0.15, -0.1) is 0 Å². The molecule has 0 fully saturated rings. The van der Waals surface area contributed by atoms with Gasteiger partial charge in [0, 0.05) is 17.7 Å². The van der Waals surface area contributed by atoms with Gasteiger partial charge in [0.2, 0.25) is 5.91 Å². The van der Waals surface area contributed by atoms with Crippen molar-refractivity contribution in [2.75, 3.05) is 0 Å². The van der Waals surface area contributed by atoms with Crippen molar-refractivity contribution in [3.63, 3.8) is 0 Å². The maximum absolute atomic E-state index is 13.1. The van der Waals surface area contributed by atoms with E-state index in [0.717, 1.165) is 0 Å². The summed E-state index contributed by atoms with van der Waals surface area (Å²) in [5.74, 6) is 0.134. The molecule has 0 aliphatic rings. The molecule has 0 radical (unpaired) electrons. The number of amides is 1. The monoisotopic (exact) mass is 260 g/mol. The quantitative estimate of drug-likeness (QED) is 0.884. The first kappa shape index (κ1) is 13.0. The number of nitrogens with two attached hydrogens (primary N) is 2. The molecule has 0 aliphatic heterocycles. The number of rotatable bonds is 4. The van der Waals surface area contributed by atoms with Gasteiger partial charge in [-0.3, -0.25) is 4.79 Å². The minimum atomic E-state index is -0.504. The summed E-state index contributed by atoms with van der Waals surface area (Å²) >= 11 is 0. The molecule has 0 heterocycles. The molecule has 2 rings (SSSR count). The molecule has 1 amide bonds. The van der Waals surface area contributed by atoms with Gasteiger partial charge in [0.1, 0.15) is 17.3 Å². The van der Waals surface area contributed by atoms with Gasteiger partial charge in [-0.1, -0.05) is 0 Å². The number of hydrogen-bond donors (Lipinski definition) is 2. The minimum Gasteiger partial charge on any atom is -0.457 e. The standard InChI is InChI=1S/C14H13FN2O2/c15-11-3-6-13(10(7-11)8-16)19-12-4-1-9(2-5-12)14(17)18/h1-7H,8,16H2,(H2,17,18). The fraction of sp³-hybridized carbons (Fsp3) is 0.0714. The Morgan fingerprint density at radius 1 is 1.16 bits per heavy atom. The van der Waals surface area contributed by atoms with Crippen molar-refractivity contribution in [1.29, 1.82) is 0 Å². The summed E-state index contributed by atoms with van der Waals surface area (Å²) in [4.78, 5) is 10.9. The molecule has 19 heavy (non-hydrogen) atoms. The van der Waals surface area contributed by atoms with Crippen LogP contribution < -0.4 is 16.2 Å². The first-order valence-electron chi connectivity index (χ1n) is 5.66. The number of carbonyl (C=O) groups excluding carboxylic acids is 1. The summed E-state index contributed by atoms with van der Waals surface area (Å²) in [6.07, 6.45) is 0. The third-order valence-electron chi connectivity index (χ3n) is 2.61. The summed E-state index contributed by atoms with van der Waals surface area (Å²) in [5.41, 5.74) is 11.6. The SMILES string of the molecule is NCc1cc(F)ccc1Oc1ccc(C(N)=O)cc1. The Labute approximate surface area is 109 Å². The predicted molar refractivity (Wildman–Crippen MR) is 69.3 cm³/mol. The van der Waals surface area contributed by atoms with Gasteiger partial charge in [0.05, 0.1) is 0 Å². The van der Waals surface area contributed by atoms with Crippen LogP contribution in [0, 0.1) is 5.82 Å². The lowest BCUT2D eigenvalue weighted by molar-refractivity contribution is 0.100. The van der Waals surface area contributed by atoms with Gasteiger partial charge in [0.25, 0.3) is 0 Å². The zero-order valence-electron chi connectivity index (χ0n) is 10.1. The van der Waals surface area contributed by atoms with E-state index in [9.17, 15) is 9.18 Å². The van der Waals surface area contributed by atoms with Crippen LogP contribution in [-0.2, 0) is 6.54 Å². The summed E-state index contributed by atoms with van der Waals surface area (Å²) < 4.78 is 18.6. The molecule has 2 aromatic carbocycles. The molecule has 0 bridgehead atoms. The molecule has 5 heteroatoms. The number of primary amides is 1. The Kier molecular flexibility index (Phi) is 3.77. The molecule has 2 aromatic rings. The van der Waals surface area contributed by atoms with E-state index in [-0.39, 0.29) is 12.4 Å². The van der Waals surface area contributed by atoms with Crippen molar-refractivity contribution in [2.45, 2.75) is 6.54 Å². The van der Waals surface area contributed by atoms with E-state index in [0.29, 0.717) is 22.6 Å². The topological polar surface area (TPSA) is 78.3 Å². The minimum absolute atomic E-state index is 0.173. The molecular formula is C14H13FN2O2. The number of benzene rings is 2. The van der Waals surface area contributed by atoms with Crippen molar-refractivity contribution in [3.05, 3.63) is 59.4 Å². The molecule has 0 aliphatic carbocycles. The van der Waals surface area contributed by atoms with E-state index >= 15 is 0 Å². The van der Waals surface area contributed by atoms with Gasteiger partial charge in [-0.25, -0.2) is 4.39 Å². The summed E-state index contributed by atoms with van der Waals surface area (Å²) in [6, 6.07) is 10.5. The smallest absolute Gasteiger partial charge is 0.248 e. The van der Waals surface area contributed by atoms with Gasteiger partial charge >= 0.3 is 0 Å². The molecule has 0 aromatic heterocycles. The van der Waals surface area contributed by atoms with E-state index in [4.69, 9.17) is 16.2 Å². The lowest BCUT2D eigenvalue weighted by atomic mass is 10.2. The molecule has 4 N–H and O–H groups in total. The van der Waals surface area contributed by atoms with Crippen molar-refractivity contribution >= 4 is 5.91 Å². The zero-order chi connectivity index (χ0) is 13.8. The zero-order valence-corrected chi connectivity index (χ0v) is 10.1. The lowest BCUT2D eigenvalue weighted by Crippen LogP contribution is -2.10. The Bertz CT molecular complexity index is 597. The van der Waals surface area contributed by atoms with Crippen LogP contribution in [0.5, 0.6) is 11.5 Å². The van der Waals surface area contributed by atoms with E-state index in [1.54, 1.807) is 24.3 Å². The second kappa shape index (κ2) is 5.49. The summed E-state index contributed by atoms with van der Waals surface area (Å²) in [6.45, 7) is 0.173. The van der Waals surface area contributed by atoms with Crippen molar-refractivity contribution in [3.8, 4) is 11.5 Å². The molecule has 0 saturated heterocycles. The number of hydrogen-bond acceptors (Lipinski definition) is 3. The van der Waals surface area contributed by atoms with E-state index in [1.807, 2.05) is 0 Å². The predicted octanol–water partition coefficient (Wildman–Crippen LogP) is 2.18. The Balaban J connectivity index is 2.23. The van der Waals surface area contributed by atoms with E-state index in [1.165, 1.54) is 18.2 Å². The summed E-state index contributed by atoms with van der Waals surface area (Å²) in [7, 11) is 0. The van der Waals surface area contributed by atoms with Crippen LogP contribution in [0.3, 0.4) is 0 Å². The number of carbonyl (C=O) groups is 1. The third-order valence-corrected chi connectivity index (χ3v) is 2.61. The fourth-order valence-electron chi connectivity index (χ4n) is 1.62. The molecule has 0 unspecified atom stereocenters. The second-order valence-electron chi connectivity index (χ2n) is 3.95. The molecular weight excluding hydrogens is 247 g/mol. The van der Waals surface area contributed by atoms with Crippen LogP contribution in [0.1, 0.15) is 15.9 Å². The number of halogens is 1. The fourth-order valence-corrected chi connectivity index (χ4v) is 1.62. The van der Waals surface area contributed by atoms with Gasteiger partial charge in [-0.2, -0.15) is 0 Å². The van der Waals surface area contributed by atoms with Crippen LogP contribution >= 0.6 is 0 Å². The Morgan fingerprint density at radius 3 is 2.42 bits per heavy atom. The summed E-state index contributed by atoms with van der Waals surface area (Å²) in [5, 5.41) is 0. The van der Waals surface area contributed by atoms with Crippen molar-refractivity contribution in [2.24, 2.45) is 11.5 Å². The van der Waals surface area contributed by atoms with E-state index in [2.05, 4.69) is 0 Å². The first-order chi connectivity index (χ1) is 9.10. The average Bonchev–Trinajstić information content (AvgIpc) is 2.41. The average molecular weight is 260 g/mol. The highest BCUT2D eigenvalue weighted by Gasteiger charge is 2.06. The molecule has 0 atom stereocenters. The van der Waals surface area contributed by atoms with Gasteiger partial charge < -0.3 is 16.2 Å². The van der Waals surface area contributed by atoms with Crippen LogP contribution in [0.15, 0.2) is 42.5 Å². The van der Waals surface area contributed by atoms with Crippen molar-refractivity contribution < 1.29 is 13.9 Å². The lowest BCUT2D eigenvalue weighted by Gasteiger charge is -2.10. The normalized spacial score (nSPS) is 10.2. The first-order valence-corrected chi connectivity index (χ1v) is 5.66. The molecule has 98 valence electrons. The maximum Gasteiger partial charge on any atom is 0.248 e. The highest BCUT2D eigenvalue weighted by atomic mass is 19.1. The molecule has 0 spiro atoms. The van der Waals surface area contributed by atoms with Crippen molar-refractivity contribution in [1.82, 2.24) is 0 Å². The highest BCUT2D eigenvalue weighted by Crippen LogP contribution is 2.26. The van der Waals surface area contributed by atoms with E-state index < -0.39 is 5.91 Å².